The highest BCUT2D eigenvalue weighted by Crippen LogP contribution is 2.33. The van der Waals surface area contributed by atoms with Crippen LogP contribution in [0.5, 0.6) is 5.75 Å². The number of carbonyl (C=O) groups excluding carboxylic acids is 2. The van der Waals surface area contributed by atoms with Crippen molar-refractivity contribution < 1.29 is 27.5 Å². The van der Waals surface area contributed by atoms with E-state index in [0.29, 0.717) is 5.75 Å². The Morgan fingerprint density at radius 3 is 2.67 bits per heavy atom. The molecule has 1 unspecified atom stereocenters. The molecule has 1 atom stereocenters. The first-order valence-corrected chi connectivity index (χ1v) is 5.81. The molecule has 0 aliphatic carbocycles. The molecule has 0 saturated heterocycles. The predicted molar refractivity (Wildman–Crippen MR) is 58.7 cm³/mol. The van der Waals surface area contributed by atoms with Crippen LogP contribution in [0.1, 0.15) is 10.4 Å². The number of halogens is 3. The average molecular weight is 276 g/mol. The predicted octanol–water partition coefficient (Wildman–Crippen LogP) is 2.45. The lowest BCUT2D eigenvalue weighted by Crippen LogP contribution is -2.33. The van der Waals surface area contributed by atoms with Crippen molar-refractivity contribution in [3.05, 3.63) is 29.8 Å². The summed E-state index contributed by atoms with van der Waals surface area (Å²) in [5.41, 5.74) is 0.205. The summed E-state index contributed by atoms with van der Waals surface area (Å²) in [5.74, 6) is -0.182. The largest absolute Gasteiger partial charge is 0.491 e. The first kappa shape index (κ1) is 12.9. The lowest BCUT2D eigenvalue weighted by molar-refractivity contribution is -0.160. The number of para-hydroxylation sites is 1. The number of hydrogen-bond donors (Lipinski definition) is 0. The molecule has 0 amide bonds. The maximum atomic E-state index is 12.1. The van der Waals surface area contributed by atoms with E-state index in [1.165, 1.54) is 6.07 Å². The standard InChI is InChI=1S/C11H7F3O3S/c12-11(13,14)10(16)18-8-5-17-7-4-2-1-3-6(7)9(8)15/h1-4,8H,5H2. The summed E-state index contributed by atoms with van der Waals surface area (Å²) in [6.45, 7) is -0.234. The van der Waals surface area contributed by atoms with Gasteiger partial charge in [0.1, 0.15) is 17.6 Å². The molecule has 0 saturated carbocycles. The van der Waals surface area contributed by atoms with Gasteiger partial charge in [-0.3, -0.25) is 9.59 Å². The van der Waals surface area contributed by atoms with Gasteiger partial charge in [-0.25, -0.2) is 0 Å². The summed E-state index contributed by atoms with van der Waals surface area (Å²) in [6.07, 6.45) is -4.94. The molecule has 18 heavy (non-hydrogen) atoms. The van der Waals surface area contributed by atoms with Crippen LogP contribution in [-0.4, -0.2) is 28.9 Å². The van der Waals surface area contributed by atoms with E-state index in [0.717, 1.165) is 0 Å². The van der Waals surface area contributed by atoms with Crippen LogP contribution in [0.15, 0.2) is 24.3 Å². The zero-order valence-electron chi connectivity index (χ0n) is 8.86. The lowest BCUT2D eigenvalue weighted by atomic mass is 10.1. The van der Waals surface area contributed by atoms with Crippen molar-refractivity contribution in [2.45, 2.75) is 11.4 Å². The summed E-state index contributed by atoms with van der Waals surface area (Å²) in [5, 5.41) is -3.13. The third-order valence-corrected chi connectivity index (χ3v) is 3.40. The smallest absolute Gasteiger partial charge is 0.460 e. The highest BCUT2D eigenvalue weighted by molar-refractivity contribution is 8.14. The lowest BCUT2D eigenvalue weighted by Gasteiger charge is -2.23. The van der Waals surface area contributed by atoms with Gasteiger partial charge in [-0.15, -0.1) is 0 Å². The van der Waals surface area contributed by atoms with E-state index in [4.69, 9.17) is 4.74 Å². The molecule has 0 radical (unpaired) electrons. The molecule has 2 rings (SSSR count). The molecule has 3 nitrogen and oxygen atoms in total. The van der Waals surface area contributed by atoms with Crippen LogP contribution in [0.3, 0.4) is 0 Å². The molecule has 96 valence electrons. The minimum atomic E-state index is -4.94. The van der Waals surface area contributed by atoms with Gasteiger partial charge in [0.15, 0.2) is 5.78 Å². The van der Waals surface area contributed by atoms with E-state index in [1.807, 2.05) is 0 Å². The molecule has 0 N–H and O–H groups in total. The zero-order valence-corrected chi connectivity index (χ0v) is 9.68. The SMILES string of the molecule is O=C1c2ccccc2OCC1SC(=O)C(F)(F)F. The Morgan fingerprint density at radius 2 is 2.00 bits per heavy atom. The van der Waals surface area contributed by atoms with E-state index in [-0.39, 0.29) is 23.9 Å². The highest BCUT2D eigenvalue weighted by atomic mass is 32.2. The number of ether oxygens (including phenoxy) is 1. The van der Waals surface area contributed by atoms with Gasteiger partial charge in [-0.05, 0) is 12.1 Å². The fourth-order valence-electron chi connectivity index (χ4n) is 1.49. The number of carbonyl (C=O) groups is 2. The van der Waals surface area contributed by atoms with Crippen molar-refractivity contribution >= 4 is 22.7 Å². The van der Waals surface area contributed by atoms with Crippen LogP contribution in [0.4, 0.5) is 13.2 Å². The highest BCUT2D eigenvalue weighted by Gasteiger charge is 2.43. The molecule has 1 heterocycles. The van der Waals surface area contributed by atoms with Crippen LogP contribution < -0.4 is 4.74 Å². The van der Waals surface area contributed by atoms with Crippen LogP contribution in [-0.2, 0) is 4.79 Å². The van der Waals surface area contributed by atoms with Gasteiger partial charge in [0.25, 0.3) is 5.12 Å². The number of Topliss-reactive ketones (excluding diaryl/α,β-unsaturated/α-hetero) is 1. The maximum Gasteiger partial charge on any atom is 0.460 e. The van der Waals surface area contributed by atoms with E-state index >= 15 is 0 Å². The van der Waals surface area contributed by atoms with Gasteiger partial charge in [0.2, 0.25) is 0 Å². The monoisotopic (exact) mass is 276 g/mol. The van der Waals surface area contributed by atoms with Gasteiger partial charge in [0.05, 0.1) is 5.56 Å². The number of ketones is 1. The van der Waals surface area contributed by atoms with Crippen molar-refractivity contribution in [2.24, 2.45) is 0 Å². The Hall–Kier alpha value is -1.50. The first-order chi connectivity index (χ1) is 8.39. The second-order valence-electron chi connectivity index (χ2n) is 3.56. The van der Waals surface area contributed by atoms with E-state index in [9.17, 15) is 22.8 Å². The summed E-state index contributed by atoms with van der Waals surface area (Å²) in [6, 6.07) is 6.25. The average Bonchev–Trinajstić information content (AvgIpc) is 2.32. The molecule has 1 aromatic rings. The Bertz CT molecular complexity index is 499. The molecule has 0 fully saturated rings. The second kappa shape index (κ2) is 4.64. The van der Waals surface area contributed by atoms with E-state index in [2.05, 4.69) is 0 Å². The number of thioether (sulfide) groups is 1. The molecule has 0 aromatic heterocycles. The van der Waals surface area contributed by atoms with Crippen molar-refractivity contribution in [3.63, 3.8) is 0 Å². The van der Waals surface area contributed by atoms with Crippen LogP contribution in [0.2, 0.25) is 0 Å². The van der Waals surface area contributed by atoms with Crippen molar-refractivity contribution in [1.29, 1.82) is 0 Å². The van der Waals surface area contributed by atoms with Gasteiger partial charge >= 0.3 is 6.18 Å². The van der Waals surface area contributed by atoms with Gasteiger partial charge in [-0.2, -0.15) is 13.2 Å². The van der Waals surface area contributed by atoms with Crippen LogP contribution in [0.25, 0.3) is 0 Å². The summed E-state index contributed by atoms with van der Waals surface area (Å²) in [4.78, 5) is 22.7. The molecule has 1 aliphatic heterocycles. The second-order valence-corrected chi connectivity index (χ2v) is 4.74. The molecule has 1 aromatic carbocycles. The summed E-state index contributed by atoms with van der Waals surface area (Å²) < 4.78 is 41.5. The molecular weight excluding hydrogens is 269 g/mol. The minimum Gasteiger partial charge on any atom is -0.491 e. The molecule has 0 bridgehead atoms. The number of hydrogen-bond acceptors (Lipinski definition) is 4. The topological polar surface area (TPSA) is 43.4 Å². The number of fused-ring (bicyclic) bond motifs is 1. The van der Waals surface area contributed by atoms with Crippen molar-refractivity contribution in [3.8, 4) is 5.75 Å². The quantitative estimate of drug-likeness (QED) is 0.790. The third-order valence-electron chi connectivity index (χ3n) is 2.32. The van der Waals surface area contributed by atoms with Gasteiger partial charge < -0.3 is 4.74 Å². The Balaban J connectivity index is 2.15. The molecule has 0 spiro atoms. The van der Waals surface area contributed by atoms with Gasteiger partial charge in [0, 0.05) is 0 Å². The normalized spacial score (nSPS) is 19.1. The Labute approximate surface area is 104 Å². The number of rotatable bonds is 1. The Morgan fingerprint density at radius 1 is 1.33 bits per heavy atom. The van der Waals surface area contributed by atoms with Crippen molar-refractivity contribution in [1.82, 2.24) is 0 Å². The fourth-order valence-corrected chi connectivity index (χ4v) is 2.26. The number of benzene rings is 1. The van der Waals surface area contributed by atoms with E-state index in [1.54, 1.807) is 18.2 Å². The minimum absolute atomic E-state index is 0.0393. The zero-order chi connectivity index (χ0) is 13.3. The summed E-state index contributed by atoms with van der Waals surface area (Å²) >= 11 is -0.0393. The molecular formula is C11H7F3O3S. The fraction of sp³-hybridized carbons (Fsp3) is 0.273. The van der Waals surface area contributed by atoms with Crippen molar-refractivity contribution in [2.75, 3.05) is 6.61 Å². The Kier molecular flexibility index (Phi) is 3.34. The summed E-state index contributed by atoms with van der Waals surface area (Å²) in [7, 11) is 0. The van der Waals surface area contributed by atoms with Crippen LogP contribution >= 0.6 is 11.8 Å². The van der Waals surface area contributed by atoms with E-state index < -0.39 is 22.3 Å². The first-order valence-electron chi connectivity index (χ1n) is 4.93. The molecule has 1 aliphatic rings. The number of alkyl halides is 3. The van der Waals surface area contributed by atoms with Gasteiger partial charge in [-0.1, -0.05) is 23.9 Å². The molecule has 7 heteroatoms. The third kappa shape index (κ3) is 2.50. The maximum absolute atomic E-state index is 12.1. The van der Waals surface area contributed by atoms with Crippen LogP contribution in [0, 0.1) is 0 Å².